The van der Waals surface area contributed by atoms with E-state index in [1.54, 1.807) is 23.7 Å². The maximum atomic E-state index is 12.3. The van der Waals surface area contributed by atoms with Gasteiger partial charge in [-0.2, -0.15) is 0 Å². The highest BCUT2D eigenvalue weighted by Crippen LogP contribution is 2.45. The maximum absolute atomic E-state index is 12.3. The number of ether oxygens (including phenoxy) is 2. The molecule has 2 aromatic heterocycles. The number of rotatable bonds is 4. The minimum Gasteiger partial charge on any atom is -0.473 e. The third-order valence-corrected chi connectivity index (χ3v) is 5.43. The summed E-state index contributed by atoms with van der Waals surface area (Å²) in [5.74, 6) is 2.46. The first-order valence-corrected chi connectivity index (χ1v) is 9.72. The molecule has 0 spiro atoms. The van der Waals surface area contributed by atoms with Gasteiger partial charge in [-0.25, -0.2) is 14.5 Å². The lowest BCUT2D eigenvalue weighted by Crippen LogP contribution is -2.24. The fourth-order valence-corrected chi connectivity index (χ4v) is 4.21. The second-order valence-corrected chi connectivity index (χ2v) is 8.73. The number of esters is 1. The molecule has 0 amide bonds. The summed E-state index contributed by atoms with van der Waals surface area (Å²) in [6.45, 7) is 7.36. The minimum absolute atomic E-state index is 0.302. The molecule has 3 atom stereocenters. The molecule has 0 radical (unpaired) electrons. The summed E-state index contributed by atoms with van der Waals surface area (Å²) < 4.78 is 13.2. The average molecular weight is 369 g/mol. The molecule has 0 N–H and O–H groups in total. The number of nitrogens with zero attached hydrogens (tertiary/aromatic N) is 3. The van der Waals surface area contributed by atoms with Crippen LogP contribution in [0.4, 0.5) is 0 Å². The molecular weight excluding hydrogens is 342 g/mol. The Morgan fingerprint density at radius 2 is 2.00 bits per heavy atom. The predicted octanol–water partition coefficient (Wildman–Crippen LogP) is 4.10. The molecule has 6 nitrogen and oxygen atoms in total. The van der Waals surface area contributed by atoms with Gasteiger partial charge >= 0.3 is 5.97 Å². The van der Waals surface area contributed by atoms with E-state index >= 15 is 0 Å². The molecule has 0 saturated heterocycles. The van der Waals surface area contributed by atoms with Crippen LogP contribution in [0.1, 0.15) is 62.5 Å². The summed E-state index contributed by atoms with van der Waals surface area (Å²) in [7, 11) is 0. The maximum Gasteiger partial charge on any atom is 0.340 e. The number of aryl methyl sites for hydroxylation is 1. The van der Waals surface area contributed by atoms with Crippen LogP contribution in [0.15, 0.2) is 24.4 Å². The average Bonchev–Trinajstić information content (AvgIpc) is 3.29. The van der Waals surface area contributed by atoms with E-state index in [2.05, 4.69) is 10.1 Å². The minimum atomic E-state index is -0.532. The third kappa shape index (κ3) is 3.84. The Bertz CT molecular complexity index is 853. The summed E-state index contributed by atoms with van der Waals surface area (Å²) in [6, 6.07) is 5.40. The molecule has 2 aromatic rings. The highest BCUT2D eigenvalue weighted by Gasteiger charge is 2.41. The molecule has 6 heteroatoms. The molecular formula is C21H27N3O3. The molecule has 2 aliphatic rings. The Hall–Kier alpha value is -2.37. The lowest BCUT2D eigenvalue weighted by atomic mass is 9.98. The normalized spacial score (nSPS) is 24.2. The van der Waals surface area contributed by atoms with Crippen molar-refractivity contribution in [2.45, 2.75) is 65.1 Å². The number of aromatic nitrogens is 3. The standard InChI is InChI=1S/C21H27N3O3/c1-13-16(20(25)27-21(2,3)4)7-8-18(22-13)24-10-9-19(23-24)26-17-12-14-5-6-15(17)11-14/h7-10,14-15,17H,5-6,11-12H2,1-4H3/t14-,15+,17-/m0/s1. The number of hydrogen-bond acceptors (Lipinski definition) is 5. The van der Waals surface area contributed by atoms with Gasteiger partial charge in [0, 0.05) is 12.3 Å². The van der Waals surface area contributed by atoms with E-state index in [0.29, 0.717) is 35.0 Å². The van der Waals surface area contributed by atoms with Crippen LogP contribution >= 0.6 is 0 Å². The van der Waals surface area contributed by atoms with Gasteiger partial charge in [-0.05, 0) is 77.3 Å². The van der Waals surface area contributed by atoms with Gasteiger partial charge in [0.05, 0.1) is 11.3 Å². The van der Waals surface area contributed by atoms with Crippen LogP contribution in [0.25, 0.3) is 5.82 Å². The van der Waals surface area contributed by atoms with E-state index in [1.165, 1.54) is 19.3 Å². The van der Waals surface area contributed by atoms with Crippen molar-refractivity contribution in [1.82, 2.24) is 14.8 Å². The molecule has 0 aromatic carbocycles. The topological polar surface area (TPSA) is 66.2 Å². The predicted molar refractivity (Wildman–Crippen MR) is 101 cm³/mol. The molecule has 2 fully saturated rings. The van der Waals surface area contributed by atoms with Crippen molar-refractivity contribution in [3.63, 3.8) is 0 Å². The van der Waals surface area contributed by atoms with Gasteiger partial charge < -0.3 is 9.47 Å². The fourth-order valence-electron chi connectivity index (χ4n) is 4.21. The molecule has 4 rings (SSSR count). The second-order valence-electron chi connectivity index (χ2n) is 8.73. The van der Waals surface area contributed by atoms with Crippen LogP contribution in [0.3, 0.4) is 0 Å². The van der Waals surface area contributed by atoms with Gasteiger partial charge in [0.15, 0.2) is 5.82 Å². The van der Waals surface area contributed by atoms with E-state index in [1.807, 2.05) is 33.0 Å². The smallest absolute Gasteiger partial charge is 0.340 e. The molecule has 2 bridgehead atoms. The lowest BCUT2D eigenvalue weighted by molar-refractivity contribution is 0.00682. The second kappa shape index (κ2) is 6.66. The molecule has 2 heterocycles. The number of fused-ring (bicyclic) bond motifs is 2. The number of carbonyl (C=O) groups excluding carboxylic acids is 1. The Balaban J connectivity index is 1.47. The van der Waals surface area contributed by atoms with E-state index in [4.69, 9.17) is 9.47 Å². The van der Waals surface area contributed by atoms with Crippen LogP contribution in [0.5, 0.6) is 5.88 Å². The third-order valence-electron chi connectivity index (χ3n) is 5.43. The largest absolute Gasteiger partial charge is 0.473 e. The van der Waals surface area contributed by atoms with E-state index in [-0.39, 0.29) is 5.97 Å². The van der Waals surface area contributed by atoms with Gasteiger partial charge in [-0.15, -0.1) is 5.10 Å². The van der Waals surface area contributed by atoms with Crippen molar-refractivity contribution < 1.29 is 14.3 Å². The molecule has 0 aliphatic heterocycles. The highest BCUT2D eigenvalue weighted by molar-refractivity contribution is 5.90. The van der Waals surface area contributed by atoms with Crippen LogP contribution in [-0.2, 0) is 4.74 Å². The van der Waals surface area contributed by atoms with Crippen LogP contribution in [0, 0.1) is 18.8 Å². The zero-order valence-corrected chi connectivity index (χ0v) is 16.4. The monoisotopic (exact) mass is 369 g/mol. The summed E-state index contributed by atoms with van der Waals surface area (Å²) in [6.07, 6.45) is 7.24. The Kier molecular flexibility index (Phi) is 4.44. The van der Waals surface area contributed by atoms with Crippen LogP contribution < -0.4 is 4.74 Å². The van der Waals surface area contributed by atoms with Crippen LogP contribution in [0.2, 0.25) is 0 Å². The van der Waals surface area contributed by atoms with Gasteiger partial charge in [-0.3, -0.25) is 0 Å². The Morgan fingerprint density at radius 1 is 1.19 bits per heavy atom. The van der Waals surface area contributed by atoms with Crippen molar-refractivity contribution in [3.8, 4) is 11.7 Å². The molecule has 144 valence electrons. The first-order valence-electron chi connectivity index (χ1n) is 9.72. The molecule has 2 saturated carbocycles. The van der Waals surface area contributed by atoms with Gasteiger partial charge in [0.2, 0.25) is 5.88 Å². The van der Waals surface area contributed by atoms with Gasteiger partial charge in [0.25, 0.3) is 0 Å². The zero-order chi connectivity index (χ0) is 19.2. The SMILES string of the molecule is Cc1nc(-n2ccc(O[C@H]3C[C@H]4CC[C@@H]3C4)n2)ccc1C(=O)OC(C)(C)C. The van der Waals surface area contributed by atoms with Crippen molar-refractivity contribution in [2.24, 2.45) is 11.8 Å². The van der Waals surface area contributed by atoms with Crippen molar-refractivity contribution in [1.29, 1.82) is 0 Å². The van der Waals surface area contributed by atoms with Crippen molar-refractivity contribution in [3.05, 3.63) is 35.7 Å². The van der Waals surface area contributed by atoms with Gasteiger partial charge in [0.1, 0.15) is 11.7 Å². The van der Waals surface area contributed by atoms with E-state index in [0.717, 1.165) is 12.3 Å². The molecule has 2 aliphatic carbocycles. The van der Waals surface area contributed by atoms with E-state index in [9.17, 15) is 4.79 Å². The number of hydrogen-bond donors (Lipinski definition) is 0. The van der Waals surface area contributed by atoms with Crippen LogP contribution in [-0.4, -0.2) is 32.4 Å². The quantitative estimate of drug-likeness (QED) is 0.759. The number of pyridine rings is 1. The summed E-state index contributed by atoms with van der Waals surface area (Å²) >= 11 is 0. The van der Waals surface area contributed by atoms with E-state index < -0.39 is 5.60 Å². The highest BCUT2D eigenvalue weighted by atomic mass is 16.6. The Labute approximate surface area is 159 Å². The summed E-state index contributed by atoms with van der Waals surface area (Å²) in [4.78, 5) is 16.8. The zero-order valence-electron chi connectivity index (χ0n) is 16.4. The molecule has 27 heavy (non-hydrogen) atoms. The van der Waals surface area contributed by atoms with Crippen molar-refractivity contribution >= 4 is 5.97 Å². The van der Waals surface area contributed by atoms with Crippen molar-refractivity contribution in [2.75, 3.05) is 0 Å². The summed E-state index contributed by atoms with van der Waals surface area (Å²) in [5.41, 5.74) is 0.558. The molecule has 0 unspecified atom stereocenters. The summed E-state index contributed by atoms with van der Waals surface area (Å²) in [5, 5.41) is 4.52. The lowest BCUT2D eigenvalue weighted by Gasteiger charge is -2.21. The fraction of sp³-hybridized carbons (Fsp3) is 0.571. The first kappa shape index (κ1) is 18.0. The number of carbonyl (C=O) groups is 1. The first-order chi connectivity index (χ1) is 12.8. The van der Waals surface area contributed by atoms with Gasteiger partial charge in [-0.1, -0.05) is 0 Å². The Morgan fingerprint density at radius 3 is 2.63 bits per heavy atom.